The van der Waals surface area contributed by atoms with Gasteiger partial charge >= 0.3 is 0 Å². The zero-order valence-corrected chi connectivity index (χ0v) is 6.66. The van der Waals surface area contributed by atoms with Crippen LogP contribution in [-0.4, -0.2) is 10.8 Å². The second-order valence-corrected chi connectivity index (χ2v) is 1.89. The van der Waals surface area contributed by atoms with Gasteiger partial charge in [-0.2, -0.15) is 0 Å². The molecule has 0 aliphatic rings. The Bertz CT molecular complexity index is 147. The highest BCUT2D eigenvalue weighted by Crippen LogP contribution is 1.91. The summed E-state index contributed by atoms with van der Waals surface area (Å²) >= 11 is 0. The lowest BCUT2D eigenvalue weighted by Crippen LogP contribution is -2.15. The molecule has 0 heterocycles. The molecule has 0 unspecified atom stereocenters. The second kappa shape index (κ2) is 4.79. The predicted octanol–water partition coefficient (Wildman–Crippen LogP) is 1.90. The molecule has 10 heavy (non-hydrogen) atoms. The lowest BCUT2D eigenvalue weighted by molar-refractivity contribution is -0.124. The summed E-state index contributed by atoms with van der Waals surface area (Å²) in [6, 6.07) is 0. The summed E-state index contributed by atoms with van der Waals surface area (Å²) in [5.41, 5.74) is 0. The van der Waals surface area contributed by atoms with Crippen molar-refractivity contribution in [1.29, 1.82) is 0 Å². The highest BCUT2D eigenvalue weighted by molar-refractivity contribution is 5.75. The van der Waals surface area contributed by atoms with Gasteiger partial charge in [0.1, 0.15) is 0 Å². The Labute approximate surface area is 61.8 Å². The second-order valence-electron chi connectivity index (χ2n) is 1.89. The first-order valence-corrected chi connectivity index (χ1v) is 3.27. The van der Waals surface area contributed by atoms with Gasteiger partial charge < -0.3 is 0 Å². The molecule has 0 N–H and O–H groups in total. The van der Waals surface area contributed by atoms with Crippen molar-refractivity contribution in [2.45, 2.75) is 20.8 Å². The highest BCUT2D eigenvalue weighted by Gasteiger charge is 1.96. The van der Waals surface area contributed by atoms with Crippen LogP contribution in [0.25, 0.3) is 0 Å². The molecule has 0 aromatic carbocycles. The van der Waals surface area contributed by atoms with Crippen molar-refractivity contribution in [3.8, 4) is 0 Å². The highest BCUT2D eigenvalue weighted by atomic mass is 16.2. The van der Waals surface area contributed by atoms with Crippen molar-refractivity contribution >= 4 is 5.91 Å². The van der Waals surface area contributed by atoms with Crippen LogP contribution in [0, 0.1) is 0 Å². The van der Waals surface area contributed by atoms with Gasteiger partial charge in [-0.1, -0.05) is 12.2 Å². The molecule has 0 aliphatic carbocycles. The molecule has 0 aromatic rings. The molecule has 2 heteroatoms. The minimum atomic E-state index is 0.0243. The van der Waals surface area contributed by atoms with E-state index in [0.717, 1.165) is 0 Å². The van der Waals surface area contributed by atoms with E-state index in [0.29, 0.717) is 0 Å². The van der Waals surface area contributed by atoms with Gasteiger partial charge in [0, 0.05) is 19.3 Å². The number of carbonyl (C=O) groups excluding carboxylic acids is 1. The fraction of sp³-hybridized carbons (Fsp3) is 0.375. The van der Waals surface area contributed by atoms with Gasteiger partial charge in [0.25, 0.3) is 0 Å². The zero-order chi connectivity index (χ0) is 7.98. The van der Waals surface area contributed by atoms with E-state index in [1.807, 2.05) is 26.0 Å². The van der Waals surface area contributed by atoms with Crippen LogP contribution in [0.5, 0.6) is 0 Å². The van der Waals surface area contributed by atoms with E-state index in [4.69, 9.17) is 0 Å². The lowest BCUT2D eigenvalue weighted by Gasteiger charge is -2.08. The maximum atomic E-state index is 10.7. The molecule has 0 spiro atoms. The number of amides is 1. The zero-order valence-electron chi connectivity index (χ0n) is 6.66. The Hall–Kier alpha value is -1.05. The quantitative estimate of drug-likeness (QED) is 0.572. The lowest BCUT2D eigenvalue weighted by atomic mass is 10.5. The van der Waals surface area contributed by atoms with Crippen molar-refractivity contribution in [3.05, 3.63) is 24.6 Å². The molecule has 0 bridgehead atoms. The SMILES string of the molecule is CC=CN(C=CC)C(C)=O. The van der Waals surface area contributed by atoms with Gasteiger partial charge in [-0.3, -0.25) is 9.69 Å². The van der Waals surface area contributed by atoms with E-state index in [9.17, 15) is 4.79 Å². The fourth-order valence-corrected chi connectivity index (χ4v) is 0.581. The first-order chi connectivity index (χ1) is 4.72. The molecule has 0 radical (unpaired) electrons. The molecule has 56 valence electrons. The van der Waals surface area contributed by atoms with Crippen LogP contribution in [0.1, 0.15) is 20.8 Å². The Morgan fingerprint density at radius 1 is 1.20 bits per heavy atom. The van der Waals surface area contributed by atoms with E-state index >= 15 is 0 Å². The number of allylic oxidation sites excluding steroid dienone is 2. The largest absolute Gasteiger partial charge is 0.296 e. The molecular weight excluding hydrogens is 126 g/mol. The van der Waals surface area contributed by atoms with Gasteiger partial charge in [-0.25, -0.2) is 0 Å². The van der Waals surface area contributed by atoms with Crippen molar-refractivity contribution < 1.29 is 4.79 Å². The third-order valence-corrected chi connectivity index (χ3v) is 0.983. The molecule has 0 aromatic heterocycles. The summed E-state index contributed by atoms with van der Waals surface area (Å²) in [5.74, 6) is 0.0243. The predicted molar refractivity (Wildman–Crippen MR) is 42.1 cm³/mol. The van der Waals surface area contributed by atoms with Crippen LogP contribution in [0.4, 0.5) is 0 Å². The molecule has 0 atom stereocenters. The summed E-state index contributed by atoms with van der Waals surface area (Å²) in [7, 11) is 0. The van der Waals surface area contributed by atoms with Crippen LogP contribution < -0.4 is 0 Å². The van der Waals surface area contributed by atoms with Crippen molar-refractivity contribution in [3.63, 3.8) is 0 Å². The number of nitrogens with zero attached hydrogens (tertiary/aromatic N) is 1. The molecular formula is C8H13NO. The Morgan fingerprint density at radius 2 is 1.60 bits per heavy atom. The first kappa shape index (κ1) is 8.95. The van der Waals surface area contributed by atoms with Gasteiger partial charge in [-0.05, 0) is 13.8 Å². The molecule has 0 saturated heterocycles. The summed E-state index contributed by atoms with van der Waals surface area (Å²) in [5, 5.41) is 0. The monoisotopic (exact) mass is 139 g/mol. The maximum Gasteiger partial charge on any atom is 0.227 e. The molecule has 1 amide bonds. The average Bonchev–Trinajstić information content (AvgIpc) is 1.87. The van der Waals surface area contributed by atoms with Crippen LogP contribution in [0.2, 0.25) is 0 Å². The Kier molecular flexibility index (Phi) is 4.29. The molecule has 0 aliphatic heterocycles. The number of rotatable bonds is 2. The smallest absolute Gasteiger partial charge is 0.227 e. The van der Waals surface area contributed by atoms with E-state index in [2.05, 4.69) is 0 Å². The average molecular weight is 139 g/mol. The summed E-state index contributed by atoms with van der Waals surface area (Å²) in [4.78, 5) is 12.3. The van der Waals surface area contributed by atoms with Crippen LogP contribution in [0.3, 0.4) is 0 Å². The van der Waals surface area contributed by atoms with E-state index in [1.165, 1.54) is 11.8 Å². The van der Waals surface area contributed by atoms with E-state index in [-0.39, 0.29) is 5.91 Å². The van der Waals surface area contributed by atoms with Crippen LogP contribution in [-0.2, 0) is 4.79 Å². The van der Waals surface area contributed by atoms with E-state index < -0.39 is 0 Å². The molecule has 0 saturated carbocycles. The molecule has 0 rings (SSSR count). The van der Waals surface area contributed by atoms with Crippen LogP contribution in [0.15, 0.2) is 24.6 Å². The van der Waals surface area contributed by atoms with Crippen LogP contribution >= 0.6 is 0 Å². The Balaban J connectivity index is 4.11. The standard InChI is InChI=1S/C8H13NO/c1-4-6-9(7-5-2)8(3)10/h4-7H,1-3H3. The number of hydrogen-bond acceptors (Lipinski definition) is 1. The topological polar surface area (TPSA) is 20.3 Å². The number of carbonyl (C=O) groups is 1. The number of hydrogen-bond donors (Lipinski definition) is 0. The summed E-state index contributed by atoms with van der Waals surface area (Å²) < 4.78 is 0. The van der Waals surface area contributed by atoms with Gasteiger partial charge in [0.15, 0.2) is 0 Å². The normalized spacial score (nSPS) is 11.1. The Morgan fingerprint density at radius 3 is 1.80 bits per heavy atom. The fourth-order valence-electron chi connectivity index (χ4n) is 0.581. The van der Waals surface area contributed by atoms with Gasteiger partial charge in [0.05, 0.1) is 0 Å². The van der Waals surface area contributed by atoms with Gasteiger partial charge in [0.2, 0.25) is 5.91 Å². The van der Waals surface area contributed by atoms with Gasteiger partial charge in [-0.15, -0.1) is 0 Å². The summed E-state index contributed by atoms with van der Waals surface area (Å²) in [6.07, 6.45) is 7.09. The van der Waals surface area contributed by atoms with Crippen molar-refractivity contribution in [2.24, 2.45) is 0 Å². The molecule has 0 fully saturated rings. The third-order valence-electron chi connectivity index (χ3n) is 0.983. The van der Waals surface area contributed by atoms with Crippen molar-refractivity contribution in [1.82, 2.24) is 4.90 Å². The first-order valence-electron chi connectivity index (χ1n) is 3.27. The molecule has 2 nitrogen and oxygen atoms in total. The third kappa shape index (κ3) is 3.07. The summed E-state index contributed by atoms with van der Waals surface area (Å²) in [6.45, 7) is 5.28. The minimum absolute atomic E-state index is 0.0243. The van der Waals surface area contributed by atoms with E-state index in [1.54, 1.807) is 12.4 Å². The minimum Gasteiger partial charge on any atom is -0.296 e. The maximum absolute atomic E-state index is 10.7. The van der Waals surface area contributed by atoms with Crippen molar-refractivity contribution in [2.75, 3.05) is 0 Å².